The van der Waals surface area contributed by atoms with Crippen LogP contribution in [0, 0.1) is 11.3 Å². The normalized spacial score (nSPS) is 14.0. The molecule has 1 aliphatic heterocycles. The number of anilines is 1. The Morgan fingerprint density at radius 3 is 2.48 bits per heavy atom. The van der Waals surface area contributed by atoms with Crippen molar-refractivity contribution >= 4 is 35.0 Å². The molecule has 25 heavy (non-hydrogen) atoms. The van der Waals surface area contributed by atoms with Crippen molar-refractivity contribution in [3.8, 4) is 11.8 Å². The van der Waals surface area contributed by atoms with Gasteiger partial charge in [0.25, 0.3) is 17.7 Å². The number of phenols is 1. The predicted octanol–water partition coefficient (Wildman–Crippen LogP) is 1.22. The molecule has 0 saturated carbocycles. The number of hydrogen-bond acceptors (Lipinski definition) is 6. The van der Waals surface area contributed by atoms with Crippen molar-refractivity contribution in [1.29, 1.82) is 5.26 Å². The van der Waals surface area contributed by atoms with Gasteiger partial charge in [0, 0.05) is 20.6 Å². The number of halogens is 1. The molecule has 1 aliphatic rings. The molecule has 2 N–H and O–H groups in total. The third-order valence-corrected chi connectivity index (χ3v) is 3.91. The molecule has 0 spiro atoms. The van der Waals surface area contributed by atoms with Gasteiger partial charge in [-0.3, -0.25) is 19.3 Å². The van der Waals surface area contributed by atoms with Crippen LogP contribution in [0.5, 0.6) is 5.75 Å². The second-order valence-electron chi connectivity index (χ2n) is 5.40. The smallest absolute Gasteiger partial charge is 0.278 e. The van der Waals surface area contributed by atoms with Crippen LogP contribution < -0.4 is 5.32 Å². The van der Waals surface area contributed by atoms with Gasteiger partial charge in [-0.25, -0.2) is 0 Å². The lowest BCUT2D eigenvalue weighted by Gasteiger charge is -2.16. The molecule has 1 heterocycles. The zero-order valence-corrected chi connectivity index (χ0v) is 14.5. The third-order valence-electron chi connectivity index (χ3n) is 3.56. The summed E-state index contributed by atoms with van der Waals surface area (Å²) in [4.78, 5) is 38.5. The largest absolute Gasteiger partial charge is 0.505 e. The summed E-state index contributed by atoms with van der Waals surface area (Å²) in [6, 6.07) is 4.36. The van der Waals surface area contributed by atoms with Gasteiger partial charge in [0.1, 0.15) is 10.7 Å². The Labute approximate surface area is 148 Å². The molecule has 8 nitrogen and oxygen atoms in total. The van der Waals surface area contributed by atoms with Gasteiger partial charge in [0.2, 0.25) is 0 Å². The van der Waals surface area contributed by atoms with Crippen molar-refractivity contribution in [2.45, 2.75) is 6.92 Å². The SMILES string of the molecule is CCN1C(=O)C(Cl)=C(Nc2cc(C#N)cc(C(=O)N(C)C)c2O)C1=O. The number of amides is 3. The topological polar surface area (TPSA) is 114 Å². The molecule has 3 amide bonds. The fourth-order valence-corrected chi connectivity index (χ4v) is 2.51. The van der Waals surface area contributed by atoms with E-state index in [2.05, 4.69) is 5.32 Å². The Kier molecular flexibility index (Phi) is 4.99. The van der Waals surface area contributed by atoms with Gasteiger partial charge in [-0.1, -0.05) is 11.6 Å². The summed E-state index contributed by atoms with van der Waals surface area (Å²) >= 11 is 5.91. The molecule has 130 valence electrons. The van der Waals surface area contributed by atoms with Crippen molar-refractivity contribution in [2.24, 2.45) is 0 Å². The van der Waals surface area contributed by atoms with E-state index in [0.717, 1.165) is 4.90 Å². The third kappa shape index (κ3) is 3.14. The number of carbonyl (C=O) groups excluding carboxylic acids is 3. The van der Waals surface area contributed by atoms with Gasteiger partial charge in [0.15, 0.2) is 5.75 Å². The van der Waals surface area contributed by atoms with Crippen LogP contribution in [0.3, 0.4) is 0 Å². The van der Waals surface area contributed by atoms with E-state index >= 15 is 0 Å². The van der Waals surface area contributed by atoms with Gasteiger partial charge in [-0.05, 0) is 19.1 Å². The lowest BCUT2D eigenvalue weighted by molar-refractivity contribution is -0.137. The number of nitrogens with one attached hydrogen (secondary N) is 1. The number of nitrogens with zero attached hydrogens (tertiary/aromatic N) is 3. The minimum absolute atomic E-state index is 0.0727. The Hall–Kier alpha value is -3.05. The standard InChI is InChI=1S/C16H15ClN4O4/c1-4-21-15(24)11(17)12(16(21)25)19-10-6-8(7-18)5-9(13(10)22)14(23)20(2)3/h5-6,19,22H,4H2,1-3H3. The van der Waals surface area contributed by atoms with E-state index < -0.39 is 23.5 Å². The first-order chi connectivity index (χ1) is 11.7. The molecule has 0 fully saturated rings. The highest BCUT2D eigenvalue weighted by Gasteiger charge is 2.37. The molecule has 0 saturated heterocycles. The lowest BCUT2D eigenvalue weighted by atomic mass is 10.1. The number of carbonyl (C=O) groups is 3. The fourth-order valence-electron chi connectivity index (χ4n) is 2.27. The van der Waals surface area contributed by atoms with Crippen LogP contribution in [0.25, 0.3) is 0 Å². The molecule has 0 radical (unpaired) electrons. The Balaban J connectivity index is 2.52. The molecular weight excluding hydrogens is 348 g/mol. The summed E-state index contributed by atoms with van der Waals surface area (Å²) < 4.78 is 0. The van der Waals surface area contributed by atoms with Crippen LogP contribution in [0.15, 0.2) is 22.9 Å². The molecule has 9 heteroatoms. The minimum Gasteiger partial charge on any atom is -0.505 e. The highest BCUT2D eigenvalue weighted by molar-refractivity contribution is 6.48. The summed E-state index contributed by atoms with van der Waals surface area (Å²) in [7, 11) is 2.98. The van der Waals surface area contributed by atoms with E-state index in [1.165, 1.54) is 31.1 Å². The second-order valence-corrected chi connectivity index (χ2v) is 5.78. The minimum atomic E-state index is -0.655. The molecule has 0 atom stereocenters. The maximum Gasteiger partial charge on any atom is 0.278 e. The predicted molar refractivity (Wildman–Crippen MR) is 89.7 cm³/mol. The summed E-state index contributed by atoms with van der Waals surface area (Å²) in [6.45, 7) is 1.75. The summed E-state index contributed by atoms with van der Waals surface area (Å²) in [5.41, 5.74) is -0.322. The van der Waals surface area contributed by atoms with Crippen LogP contribution in [0.1, 0.15) is 22.8 Å². The summed E-state index contributed by atoms with van der Waals surface area (Å²) in [5, 5.41) is 21.7. The molecule has 0 aromatic heterocycles. The average molecular weight is 363 g/mol. The van der Waals surface area contributed by atoms with Crippen molar-refractivity contribution in [3.63, 3.8) is 0 Å². The zero-order chi connectivity index (χ0) is 18.9. The maximum atomic E-state index is 12.2. The van der Waals surface area contributed by atoms with E-state index in [-0.39, 0.29) is 34.1 Å². The second kappa shape index (κ2) is 6.83. The lowest BCUT2D eigenvalue weighted by Crippen LogP contribution is -2.32. The molecule has 1 aromatic carbocycles. The van der Waals surface area contributed by atoms with E-state index in [4.69, 9.17) is 16.9 Å². The average Bonchev–Trinajstić information content (AvgIpc) is 2.78. The fraction of sp³-hybridized carbons (Fsp3) is 0.250. The number of aromatic hydroxyl groups is 1. The van der Waals surface area contributed by atoms with Gasteiger partial charge < -0.3 is 15.3 Å². The van der Waals surface area contributed by atoms with E-state index in [9.17, 15) is 19.5 Å². The van der Waals surface area contributed by atoms with Crippen LogP contribution in [-0.4, -0.2) is 53.3 Å². The maximum absolute atomic E-state index is 12.2. The number of nitriles is 1. The molecule has 0 bridgehead atoms. The van der Waals surface area contributed by atoms with Crippen molar-refractivity contribution in [3.05, 3.63) is 34.0 Å². The number of imide groups is 1. The monoisotopic (exact) mass is 362 g/mol. The van der Waals surface area contributed by atoms with Crippen LogP contribution in [0.4, 0.5) is 5.69 Å². The van der Waals surface area contributed by atoms with Crippen LogP contribution in [0.2, 0.25) is 0 Å². The highest BCUT2D eigenvalue weighted by Crippen LogP contribution is 2.33. The number of rotatable bonds is 4. The van der Waals surface area contributed by atoms with Crippen LogP contribution in [-0.2, 0) is 9.59 Å². The van der Waals surface area contributed by atoms with Crippen molar-refractivity contribution < 1.29 is 19.5 Å². The molecule has 2 rings (SSSR count). The molecule has 0 unspecified atom stereocenters. The molecule has 1 aromatic rings. The number of likely N-dealkylation sites (N-methyl/N-ethyl adjacent to an activating group) is 1. The Morgan fingerprint density at radius 2 is 2.00 bits per heavy atom. The zero-order valence-electron chi connectivity index (χ0n) is 13.8. The first-order valence-electron chi connectivity index (χ1n) is 7.24. The first kappa shape index (κ1) is 18.3. The summed E-state index contributed by atoms with van der Waals surface area (Å²) in [6.07, 6.45) is 0. The number of benzene rings is 1. The Morgan fingerprint density at radius 1 is 1.36 bits per heavy atom. The van der Waals surface area contributed by atoms with Gasteiger partial charge in [-0.2, -0.15) is 5.26 Å². The quantitative estimate of drug-likeness (QED) is 0.615. The first-order valence-corrected chi connectivity index (χ1v) is 7.62. The van der Waals surface area contributed by atoms with E-state index in [0.29, 0.717) is 0 Å². The van der Waals surface area contributed by atoms with Crippen molar-refractivity contribution in [1.82, 2.24) is 9.80 Å². The van der Waals surface area contributed by atoms with Gasteiger partial charge in [0.05, 0.1) is 22.9 Å². The highest BCUT2D eigenvalue weighted by atomic mass is 35.5. The van der Waals surface area contributed by atoms with Crippen molar-refractivity contribution in [2.75, 3.05) is 26.0 Å². The van der Waals surface area contributed by atoms with E-state index in [1.54, 1.807) is 6.92 Å². The number of phenolic OH excluding ortho intramolecular Hbond substituents is 1. The summed E-state index contributed by atoms with van der Waals surface area (Å²) in [5.74, 6) is -2.29. The van der Waals surface area contributed by atoms with Gasteiger partial charge >= 0.3 is 0 Å². The number of hydrogen-bond donors (Lipinski definition) is 2. The molecule has 0 aliphatic carbocycles. The van der Waals surface area contributed by atoms with Gasteiger partial charge in [-0.15, -0.1) is 0 Å². The van der Waals surface area contributed by atoms with E-state index in [1.807, 2.05) is 6.07 Å². The molecular formula is C16H15ClN4O4. The Bertz CT molecular complexity index is 854. The van der Waals surface area contributed by atoms with Crippen LogP contribution >= 0.6 is 11.6 Å².